The molecule has 190 valence electrons. The van der Waals surface area contributed by atoms with Crippen molar-refractivity contribution in [2.24, 2.45) is 0 Å². The summed E-state index contributed by atoms with van der Waals surface area (Å²) in [7, 11) is 0. The summed E-state index contributed by atoms with van der Waals surface area (Å²) in [5.74, 6) is -0.135. The average molecular weight is 526 g/mol. The summed E-state index contributed by atoms with van der Waals surface area (Å²) in [6, 6.07) is 11.0. The Balaban J connectivity index is 1.75. The van der Waals surface area contributed by atoms with Crippen LogP contribution in [0.5, 0.6) is 5.75 Å². The van der Waals surface area contributed by atoms with Crippen LogP contribution in [0, 0.1) is 0 Å². The molecule has 0 spiro atoms. The molecule has 2 aromatic carbocycles. The Kier molecular flexibility index (Phi) is 7.43. The fourth-order valence-electron chi connectivity index (χ4n) is 5.20. The van der Waals surface area contributed by atoms with Crippen LogP contribution in [-0.4, -0.2) is 35.6 Å². The predicted octanol–water partition coefficient (Wildman–Crippen LogP) is 6.07. The number of amides is 2. The van der Waals surface area contributed by atoms with Gasteiger partial charge in [-0.1, -0.05) is 31.5 Å². The van der Waals surface area contributed by atoms with Gasteiger partial charge in [0, 0.05) is 28.9 Å². The van der Waals surface area contributed by atoms with Crippen LogP contribution < -0.4 is 19.9 Å². The van der Waals surface area contributed by atoms with E-state index in [0.29, 0.717) is 34.5 Å². The lowest BCUT2D eigenvalue weighted by Gasteiger charge is -2.47. The third-order valence-electron chi connectivity index (χ3n) is 6.74. The smallest absolute Gasteiger partial charge is 0.270 e. The maximum atomic E-state index is 13.5. The van der Waals surface area contributed by atoms with E-state index < -0.39 is 11.8 Å². The van der Waals surface area contributed by atoms with Crippen molar-refractivity contribution in [3.8, 4) is 5.75 Å². The normalized spacial score (nSPS) is 20.4. The Morgan fingerprint density at radius 2 is 1.97 bits per heavy atom. The Labute approximate surface area is 223 Å². The minimum absolute atomic E-state index is 0.0111. The zero-order chi connectivity index (χ0) is 26.2. The highest BCUT2D eigenvalue weighted by molar-refractivity contribution is 7.80. The largest absolute Gasteiger partial charge is 0.494 e. The van der Waals surface area contributed by atoms with E-state index in [4.69, 9.17) is 28.6 Å². The third kappa shape index (κ3) is 4.87. The van der Waals surface area contributed by atoms with Crippen molar-refractivity contribution >= 4 is 58.2 Å². The molecular formula is C28H32ClN3O3S. The van der Waals surface area contributed by atoms with Gasteiger partial charge in [-0.2, -0.15) is 0 Å². The fourth-order valence-corrected chi connectivity index (χ4v) is 5.70. The second kappa shape index (κ2) is 10.2. The molecule has 2 aromatic rings. The van der Waals surface area contributed by atoms with Gasteiger partial charge in [-0.3, -0.25) is 19.8 Å². The quantitative estimate of drug-likeness (QED) is 0.281. The van der Waals surface area contributed by atoms with Crippen molar-refractivity contribution in [1.29, 1.82) is 0 Å². The Morgan fingerprint density at radius 1 is 1.22 bits per heavy atom. The van der Waals surface area contributed by atoms with Crippen LogP contribution in [-0.2, 0) is 9.59 Å². The molecule has 0 radical (unpaired) electrons. The molecule has 1 saturated heterocycles. The molecule has 2 aliphatic heterocycles. The van der Waals surface area contributed by atoms with Gasteiger partial charge in [0.15, 0.2) is 5.11 Å². The molecule has 0 aliphatic carbocycles. The van der Waals surface area contributed by atoms with Crippen molar-refractivity contribution < 1.29 is 14.3 Å². The summed E-state index contributed by atoms with van der Waals surface area (Å²) in [6.45, 7) is 12.2. The van der Waals surface area contributed by atoms with Gasteiger partial charge in [-0.05, 0) is 93.2 Å². The summed E-state index contributed by atoms with van der Waals surface area (Å²) in [6.07, 6.45) is 3.59. The van der Waals surface area contributed by atoms with Gasteiger partial charge in [0.25, 0.3) is 11.8 Å². The van der Waals surface area contributed by atoms with Gasteiger partial charge in [-0.25, -0.2) is 0 Å². The average Bonchev–Trinajstić information content (AvgIpc) is 2.80. The number of carbonyl (C=O) groups excluding carboxylic acids is 2. The lowest BCUT2D eigenvalue weighted by Crippen LogP contribution is -2.54. The van der Waals surface area contributed by atoms with Crippen LogP contribution in [0.3, 0.4) is 0 Å². The maximum Gasteiger partial charge on any atom is 0.270 e. The number of halogens is 1. The standard InChI is InChI=1S/C28H32ClN3O3S/c1-6-11-31-24-15-23(29)18(12-21(24)17(3)16-28(31,4)5)13-22-25(33)30-27(36)32(26(22)34)19-9-8-10-20(14-19)35-7-2/h8-10,12-15,17H,6-7,11,16H2,1-5H3,(H,30,33,36)/b22-13-. The van der Waals surface area contributed by atoms with E-state index in [1.54, 1.807) is 30.3 Å². The van der Waals surface area contributed by atoms with Crippen molar-refractivity contribution in [2.45, 2.75) is 58.9 Å². The maximum absolute atomic E-state index is 13.5. The van der Waals surface area contributed by atoms with E-state index in [2.05, 4.69) is 37.9 Å². The third-order valence-corrected chi connectivity index (χ3v) is 7.35. The summed E-state index contributed by atoms with van der Waals surface area (Å²) < 4.78 is 5.57. The van der Waals surface area contributed by atoms with Crippen molar-refractivity contribution in [1.82, 2.24) is 5.32 Å². The van der Waals surface area contributed by atoms with E-state index in [-0.39, 0.29) is 16.2 Å². The van der Waals surface area contributed by atoms with Gasteiger partial charge in [0.1, 0.15) is 11.3 Å². The highest BCUT2D eigenvalue weighted by atomic mass is 35.5. The number of anilines is 2. The molecule has 2 amide bonds. The van der Waals surface area contributed by atoms with Gasteiger partial charge in [-0.15, -0.1) is 0 Å². The number of hydrogen-bond acceptors (Lipinski definition) is 5. The first-order valence-corrected chi connectivity index (χ1v) is 13.1. The number of fused-ring (bicyclic) bond motifs is 1. The van der Waals surface area contributed by atoms with Crippen molar-refractivity contribution in [3.05, 3.63) is 58.1 Å². The van der Waals surface area contributed by atoms with Crippen LogP contribution in [0.25, 0.3) is 6.08 Å². The zero-order valence-corrected chi connectivity index (χ0v) is 22.9. The lowest BCUT2D eigenvalue weighted by atomic mass is 9.79. The molecule has 1 N–H and O–H groups in total. The number of nitrogens with zero attached hydrogens (tertiary/aromatic N) is 2. The first-order chi connectivity index (χ1) is 17.1. The van der Waals surface area contributed by atoms with Crippen molar-refractivity contribution in [2.75, 3.05) is 23.0 Å². The molecule has 8 heteroatoms. The van der Waals surface area contributed by atoms with E-state index in [1.807, 2.05) is 19.1 Å². The van der Waals surface area contributed by atoms with Crippen LogP contribution in [0.4, 0.5) is 11.4 Å². The second-order valence-electron chi connectivity index (χ2n) is 9.89. The number of hydrogen-bond donors (Lipinski definition) is 1. The van der Waals surface area contributed by atoms with Crippen molar-refractivity contribution in [3.63, 3.8) is 0 Å². The van der Waals surface area contributed by atoms with E-state index >= 15 is 0 Å². The van der Waals surface area contributed by atoms with Crippen LogP contribution in [0.2, 0.25) is 5.02 Å². The molecule has 36 heavy (non-hydrogen) atoms. The zero-order valence-electron chi connectivity index (χ0n) is 21.4. The summed E-state index contributed by atoms with van der Waals surface area (Å²) in [5, 5.41) is 3.16. The highest BCUT2D eigenvalue weighted by Gasteiger charge is 2.37. The Bertz CT molecular complexity index is 1260. The number of thiocarbonyl (C=S) groups is 1. The highest BCUT2D eigenvalue weighted by Crippen LogP contribution is 2.45. The van der Waals surface area contributed by atoms with Crippen LogP contribution in [0.15, 0.2) is 42.0 Å². The van der Waals surface area contributed by atoms with Gasteiger partial charge < -0.3 is 9.64 Å². The first-order valence-electron chi connectivity index (χ1n) is 12.3. The predicted molar refractivity (Wildman–Crippen MR) is 150 cm³/mol. The van der Waals surface area contributed by atoms with Crippen LogP contribution in [0.1, 0.15) is 64.5 Å². The van der Waals surface area contributed by atoms with E-state index in [0.717, 1.165) is 25.1 Å². The fraction of sp³-hybridized carbons (Fsp3) is 0.393. The Hall–Kier alpha value is -2.90. The number of benzene rings is 2. The van der Waals surface area contributed by atoms with Gasteiger partial charge >= 0.3 is 0 Å². The molecule has 0 bridgehead atoms. The minimum atomic E-state index is -0.544. The number of ether oxygens (including phenoxy) is 1. The molecule has 1 fully saturated rings. The second-order valence-corrected chi connectivity index (χ2v) is 10.7. The molecule has 1 atom stereocenters. The molecule has 4 rings (SSSR count). The lowest BCUT2D eigenvalue weighted by molar-refractivity contribution is -0.122. The Morgan fingerprint density at radius 3 is 2.67 bits per heavy atom. The topological polar surface area (TPSA) is 61.9 Å². The number of rotatable bonds is 6. The minimum Gasteiger partial charge on any atom is -0.494 e. The number of nitrogens with one attached hydrogen (secondary N) is 1. The van der Waals surface area contributed by atoms with Crippen LogP contribution >= 0.6 is 23.8 Å². The van der Waals surface area contributed by atoms with E-state index in [1.165, 1.54) is 10.5 Å². The molecule has 0 saturated carbocycles. The molecule has 0 aromatic heterocycles. The summed E-state index contributed by atoms with van der Waals surface area (Å²) in [4.78, 5) is 30.1. The molecule has 2 aliphatic rings. The molecule has 6 nitrogen and oxygen atoms in total. The van der Waals surface area contributed by atoms with Gasteiger partial charge in [0.2, 0.25) is 0 Å². The van der Waals surface area contributed by atoms with E-state index in [9.17, 15) is 9.59 Å². The number of carbonyl (C=O) groups is 2. The molecule has 1 unspecified atom stereocenters. The molecule has 2 heterocycles. The monoisotopic (exact) mass is 525 g/mol. The first kappa shape index (κ1) is 26.2. The van der Waals surface area contributed by atoms with Gasteiger partial charge in [0.05, 0.1) is 12.3 Å². The summed E-state index contributed by atoms with van der Waals surface area (Å²) in [5.41, 5.74) is 3.41. The molecular weight excluding hydrogens is 494 g/mol. The SMILES string of the molecule is CCCN1c2cc(Cl)c(/C=C3/C(=O)NC(=S)N(c4cccc(OCC)c4)C3=O)cc2C(C)CC1(C)C. The summed E-state index contributed by atoms with van der Waals surface area (Å²) >= 11 is 12.1.